The fourth-order valence-corrected chi connectivity index (χ4v) is 4.20. The normalized spacial score (nSPS) is 10.8. The summed E-state index contributed by atoms with van der Waals surface area (Å²) in [5, 5.41) is 23.4. The molecule has 2 heterocycles. The maximum atomic E-state index is 12.3. The number of rotatable bonds is 8. The van der Waals surface area contributed by atoms with Gasteiger partial charge in [-0.25, -0.2) is 9.97 Å². The number of carbonyl (C=O) groups is 1. The topological polar surface area (TPSA) is 127 Å². The summed E-state index contributed by atoms with van der Waals surface area (Å²) in [7, 11) is 0. The van der Waals surface area contributed by atoms with E-state index in [0.29, 0.717) is 27.4 Å². The molecule has 4 aromatic rings. The average molecular weight is 467 g/mol. The van der Waals surface area contributed by atoms with Gasteiger partial charge in [0.2, 0.25) is 11.1 Å². The molecule has 0 unspecified atom stereocenters. The van der Waals surface area contributed by atoms with Crippen LogP contribution in [0.4, 0.5) is 10.8 Å². The summed E-state index contributed by atoms with van der Waals surface area (Å²) >= 11 is 2.47. The number of nitro benzene ring substituents is 1. The van der Waals surface area contributed by atoms with Crippen molar-refractivity contribution >= 4 is 39.8 Å². The third kappa shape index (κ3) is 5.18. The van der Waals surface area contributed by atoms with Gasteiger partial charge in [-0.05, 0) is 12.0 Å². The average Bonchev–Trinajstić information content (AvgIpc) is 3.48. The maximum absolute atomic E-state index is 12.3. The first-order chi connectivity index (χ1) is 15.5. The molecular weight excluding hydrogens is 448 g/mol. The molecule has 4 rings (SSSR count). The van der Waals surface area contributed by atoms with E-state index in [1.165, 1.54) is 40.8 Å². The number of H-pyrrole nitrogens is 1. The minimum Gasteiger partial charge on any atom is -0.301 e. The molecule has 0 bridgehead atoms. The van der Waals surface area contributed by atoms with Gasteiger partial charge in [0.15, 0.2) is 11.0 Å². The van der Waals surface area contributed by atoms with Gasteiger partial charge in [-0.1, -0.05) is 55.1 Å². The third-order valence-electron chi connectivity index (χ3n) is 4.54. The van der Waals surface area contributed by atoms with Crippen molar-refractivity contribution in [2.45, 2.75) is 18.5 Å². The number of nitrogens with one attached hydrogen (secondary N) is 2. The molecule has 0 spiro atoms. The number of thioether (sulfide) groups is 1. The number of anilines is 1. The van der Waals surface area contributed by atoms with Gasteiger partial charge < -0.3 is 5.32 Å². The van der Waals surface area contributed by atoms with Crippen LogP contribution in [0.15, 0.2) is 59.1 Å². The summed E-state index contributed by atoms with van der Waals surface area (Å²) in [6.45, 7) is 2.10. The molecular formula is C21H18N6O3S2. The third-order valence-corrected chi connectivity index (χ3v) is 6.14. The number of thiazole rings is 1. The summed E-state index contributed by atoms with van der Waals surface area (Å²) in [6, 6.07) is 14.3. The quantitative estimate of drug-likeness (QED) is 0.217. The number of aromatic nitrogens is 4. The summed E-state index contributed by atoms with van der Waals surface area (Å²) in [6.07, 6.45) is 0.971. The Morgan fingerprint density at radius 1 is 1.19 bits per heavy atom. The first-order valence-electron chi connectivity index (χ1n) is 9.66. The van der Waals surface area contributed by atoms with E-state index < -0.39 is 4.92 Å². The van der Waals surface area contributed by atoms with Crippen LogP contribution in [-0.2, 0) is 11.2 Å². The number of nitrogens with zero attached hydrogens (tertiary/aromatic N) is 4. The van der Waals surface area contributed by atoms with Crippen molar-refractivity contribution in [1.29, 1.82) is 0 Å². The van der Waals surface area contributed by atoms with Crippen molar-refractivity contribution < 1.29 is 9.72 Å². The molecule has 0 saturated heterocycles. The molecule has 32 heavy (non-hydrogen) atoms. The predicted molar refractivity (Wildman–Crippen MR) is 125 cm³/mol. The van der Waals surface area contributed by atoms with Gasteiger partial charge in [0.05, 0.1) is 16.4 Å². The second kappa shape index (κ2) is 9.71. The van der Waals surface area contributed by atoms with Crippen molar-refractivity contribution in [1.82, 2.24) is 20.2 Å². The van der Waals surface area contributed by atoms with E-state index in [4.69, 9.17) is 0 Å². The molecule has 0 aliphatic heterocycles. The number of nitro groups is 1. The highest BCUT2D eigenvalue weighted by molar-refractivity contribution is 7.99. The molecule has 0 saturated carbocycles. The van der Waals surface area contributed by atoms with Crippen LogP contribution in [0.5, 0.6) is 0 Å². The Bertz CT molecular complexity index is 1250. The Morgan fingerprint density at radius 3 is 2.75 bits per heavy atom. The smallest absolute Gasteiger partial charge is 0.270 e. The standard InChI is InChI=1S/C21H18N6O3S2/c1-2-13-6-8-14(9-7-13)19-24-21(26-25-19)32-12-18(28)23-20-22-17(11-31-20)15-4-3-5-16(10-15)27(29)30/h3-11H,2,12H2,1H3,(H,22,23,28)(H,24,25,26). The van der Waals surface area contributed by atoms with Crippen LogP contribution in [0.25, 0.3) is 22.6 Å². The van der Waals surface area contributed by atoms with Crippen molar-refractivity contribution in [2.75, 3.05) is 11.1 Å². The molecule has 0 aliphatic rings. The summed E-state index contributed by atoms with van der Waals surface area (Å²) < 4.78 is 0. The maximum Gasteiger partial charge on any atom is 0.270 e. The van der Waals surface area contributed by atoms with Crippen LogP contribution >= 0.6 is 23.1 Å². The molecule has 0 atom stereocenters. The van der Waals surface area contributed by atoms with Crippen LogP contribution in [-0.4, -0.2) is 36.7 Å². The lowest BCUT2D eigenvalue weighted by atomic mass is 10.1. The second-order valence-corrected chi connectivity index (χ2v) is 8.50. The van der Waals surface area contributed by atoms with Gasteiger partial charge in [-0.2, -0.15) is 0 Å². The van der Waals surface area contributed by atoms with Gasteiger partial charge >= 0.3 is 0 Å². The van der Waals surface area contributed by atoms with Crippen molar-refractivity contribution in [2.24, 2.45) is 0 Å². The number of hydrogen-bond acceptors (Lipinski definition) is 8. The highest BCUT2D eigenvalue weighted by Gasteiger charge is 2.13. The fourth-order valence-electron chi connectivity index (χ4n) is 2.87. The molecule has 1 amide bonds. The minimum atomic E-state index is -0.454. The van der Waals surface area contributed by atoms with E-state index in [9.17, 15) is 14.9 Å². The number of carbonyl (C=O) groups excluding carboxylic acids is 1. The predicted octanol–water partition coefficient (Wildman–Crippen LogP) is 4.80. The molecule has 0 fully saturated rings. The van der Waals surface area contributed by atoms with E-state index >= 15 is 0 Å². The van der Waals surface area contributed by atoms with Gasteiger partial charge in [0.1, 0.15) is 0 Å². The van der Waals surface area contributed by atoms with Gasteiger partial charge in [0, 0.05) is 28.6 Å². The van der Waals surface area contributed by atoms with E-state index in [1.54, 1.807) is 17.5 Å². The number of benzene rings is 2. The number of aromatic amines is 1. The van der Waals surface area contributed by atoms with Gasteiger partial charge in [-0.15, -0.1) is 16.4 Å². The summed E-state index contributed by atoms with van der Waals surface area (Å²) in [4.78, 5) is 31.6. The Morgan fingerprint density at radius 2 is 2.00 bits per heavy atom. The zero-order chi connectivity index (χ0) is 22.5. The zero-order valence-corrected chi connectivity index (χ0v) is 18.6. The van der Waals surface area contributed by atoms with Crippen molar-refractivity contribution in [3.63, 3.8) is 0 Å². The lowest BCUT2D eigenvalue weighted by Crippen LogP contribution is -2.13. The largest absolute Gasteiger partial charge is 0.301 e. The highest BCUT2D eigenvalue weighted by Crippen LogP contribution is 2.28. The number of non-ortho nitro benzene ring substituents is 1. The van der Waals surface area contributed by atoms with E-state index in [2.05, 4.69) is 32.4 Å². The van der Waals surface area contributed by atoms with Crippen LogP contribution in [0.1, 0.15) is 12.5 Å². The van der Waals surface area contributed by atoms with Gasteiger partial charge in [0.25, 0.3) is 5.69 Å². The summed E-state index contributed by atoms with van der Waals surface area (Å²) in [5.74, 6) is 0.531. The van der Waals surface area contributed by atoms with E-state index in [1.807, 2.05) is 24.3 Å². The van der Waals surface area contributed by atoms with Crippen LogP contribution in [0.3, 0.4) is 0 Å². The second-order valence-electron chi connectivity index (χ2n) is 6.70. The van der Waals surface area contributed by atoms with E-state index in [0.717, 1.165) is 12.0 Å². The Balaban J connectivity index is 1.33. The Hall–Kier alpha value is -3.57. The van der Waals surface area contributed by atoms with Crippen LogP contribution < -0.4 is 5.32 Å². The van der Waals surface area contributed by atoms with E-state index in [-0.39, 0.29) is 17.3 Å². The van der Waals surface area contributed by atoms with Crippen LogP contribution in [0.2, 0.25) is 0 Å². The molecule has 9 nitrogen and oxygen atoms in total. The van der Waals surface area contributed by atoms with Gasteiger partial charge in [-0.3, -0.25) is 20.0 Å². The van der Waals surface area contributed by atoms with Crippen LogP contribution in [0, 0.1) is 10.1 Å². The lowest BCUT2D eigenvalue weighted by molar-refractivity contribution is -0.384. The monoisotopic (exact) mass is 466 g/mol. The Kier molecular flexibility index (Phi) is 6.57. The number of amides is 1. The zero-order valence-electron chi connectivity index (χ0n) is 16.9. The first-order valence-corrected chi connectivity index (χ1v) is 11.5. The molecule has 0 radical (unpaired) electrons. The molecule has 162 valence electrons. The van der Waals surface area contributed by atoms with Crippen molar-refractivity contribution in [3.05, 3.63) is 69.6 Å². The first kappa shape index (κ1) is 21.7. The minimum absolute atomic E-state index is 0.00957. The number of aryl methyl sites for hydroxylation is 1. The molecule has 2 aromatic heterocycles. The highest BCUT2D eigenvalue weighted by atomic mass is 32.2. The SMILES string of the molecule is CCc1ccc(-c2nc(SCC(=O)Nc3nc(-c4cccc([N+](=O)[O-])c4)cs3)n[nH]2)cc1. The molecule has 2 N–H and O–H groups in total. The Labute approximate surface area is 191 Å². The fraction of sp³-hybridized carbons (Fsp3) is 0.143. The lowest BCUT2D eigenvalue weighted by Gasteiger charge is -2.00. The summed E-state index contributed by atoms with van der Waals surface area (Å²) in [5.41, 5.74) is 3.35. The molecule has 2 aromatic carbocycles. The number of hydrogen-bond donors (Lipinski definition) is 2. The van der Waals surface area contributed by atoms with Crippen molar-refractivity contribution in [3.8, 4) is 22.6 Å². The molecule has 0 aliphatic carbocycles. The molecule has 11 heteroatoms.